The maximum atomic E-state index is 4.68. The Kier molecular flexibility index (Phi) is 6.09. The molecule has 0 amide bonds. The highest BCUT2D eigenvalue weighted by Gasteiger charge is 2.15. The van der Waals surface area contributed by atoms with Gasteiger partial charge >= 0.3 is 0 Å². The fraction of sp³-hybridized carbons (Fsp3) is 0.400. The molecule has 0 unspecified atom stereocenters. The normalized spacial score (nSPS) is 9.07. The molecule has 2 N–H and O–H groups in total. The van der Waals surface area contributed by atoms with Crippen LogP contribution in [-0.2, 0) is 5.41 Å². The lowest BCUT2D eigenvalue weighted by Gasteiger charge is -2.12. The van der Waals surface area contributed by atoms with Crippen LogP contribution in [0, 0.1) is 12.0 Å². The van der Waals surface area contributed by atoms with Crippen molar-refractivity contribution in [3.8, 4) is 12.0 Å². The largest absolute Gasteiger partial charge is 0.359 e. The molecule has 0 bridgehead atoms. The number of rotatable bonds is 0. The highest BCUT2D eigenvalue weighted by atomic mass is 32.1. The van der Waals surface area contributed by atoms with Gasteiger partial charge in [0.15, 0.2) is 0 Å². The van der Waals surface area contributed by atoms with Crippen LogP contribution in [0.4, 0.5) is 0 Å². The number of hydrogen-bond acceptors (Lipinski definition) is 4. The smallest absolute Gasteiger partial charge is 0.0978 e. The van der Waals surface area contributed by atoms with Crippen LogP contribution in [0.25, 0.3) is 0 Å². The van der Waals surface area contributed by atoms with E-state index < -0.39 is 0 Å². The summed E-state index contributed by atoms with van der Waals surface area (Å²) in [6.07, 6.45) is 1.85. The van der Waals surface area contributed by atoms with Crippen LogP contribution in [0.2, 0.25) is 0 Å². The van der Waals surface area contributed by atoms with E-state index in [-0.39, 0.29) is 5.41 Å². The van der Waals surface area contributed by atoms with E-state index in [2.05, 4.69) is 55.7 Å². The van der Waals surface area contributed by atoms with Gasteiger partial charge in [0.05, 0.1) is 10.4 Å². The number of hydrogen-bond donors (Lipinski definition) is 1. The molecule has 1 aromatic heterocycles. The van der Waals surface area contributed by atoms with Crippen LogP contribution in [-0.4, -0.2) is 10.4 Å². The molecule has 0 aromatic carbocycles. The number of aromatic nitrogens is 1. The van der Waals surface area contributed by atoms with Gasteiger partial charge in [-0.1, -0.05) is 33.0 Å². The lowest BCUT2D eigenvalue weighted by Crippen LogP contribution is -2.09. The van der Waals surface area contributed by atoms with E-state index in [0.717, 1.165) is 0 Å². The van der Waals surface area contributed by atoms with E-state index in [1.807, 2.05) is 11.6 Å². The van der Waals surface area contributed by atoms with Gasteiger partial charge in [-0.15, -0.1) is 11.3 Å². The van der Waals surface area contributed by atoms with Gasteiger partial charge in [-0.05, 0) is 5.92 Å². The molecule has 0 fully saturated rings. The van der Waals surface area contributed by atoms with Crippen molar-refractivity contribution in [3.63, 3.8) is 0 Å². The summed E-state index contributed by atoms with van der Waals surface area (Å²) in [6, 6.07) is 2.11. The average Bonchev–Trinajstić information content (AvgIpc) is 2.57. The fourth-order valence-corrected chi connectivity index (χ4v) is 1.42. The first-order valence-electron chi connectivity index (χ1n) is 4.07. The van der Waals surface area contributed by atoms with Gasteiger partial charge in [0.2, 0.25) is 0 Å². The molecule has 0 saturated heterocycles. The number of thiazole rings is 1. The van der Waals surface area contributed by atoms with Crippen LogP contribution in [0.5, 0.6) is 0 Å². The maximum Gasteiger partial charge on any atom is 0.0978 e. The third-order valence-corrected chi connectivity index (χ3v) is 2.53. The number of nitrogens with zero attached hydrogens (tertiary/aromatic N) is 1. The van der Waals surface area contributed by atoms with E-state index in [0.29, 0.717) is 0 Å². The molecular formula is C10H14N2S2. The van der Waals surface area contributed by atoms with Gasteiger partial charge in [0.1, 0.15) is 0 Å². The van der Waals surface area contributed by atoms with E-state index in [4.69, 9.17) is 0 Å². The van der Waals surface area contributed by atoms with Gasteiger partial charge in [0, 0.05) is 23.0 Å². The Bertz CT molecular complexity index is 312. The van der Waals surface area contributed by atoms with Gasteiger partial charge < -0.3 is 5.73 Å². The van der Waals surface area contributed by atoms with E-state index in [9.17, 15) is 0 Å². The van der Waals surface area contributed by atoms with E-state index in [1.54, 1.807) is 11.3 Å². The second-order valence-corrected chi connectivity index (χ2v) is 4.62. The van der Waals surface area contributed by atoms with Crippen molar-refractivity contribution in [3.05, 3.63) is 16.6 Å². The summed E-state index contributed by atoms with van der Waals surface area (Å²) in [4.78, 5) is 4.21. The lowest BCUT2D eigenvalue weighted by atomic mass is 9.98. The highest BCUT2D eigenvalue weighted by molar-refractivity contribution is 7.79. The molecule has 0 radical (unpaired) electrons. The number of thiocarbonyl (C=S) groups is 1. The van der Waals surface area contributed by atoms with Crippen molar-refractivity contribution in [2.45, 2.75) is 26.2 Å². The predicted molar refractivity (Wildman–Crippen MR) is 66.4 cm³/mol. The van der Waals surface area contributed by atoms with Crippen molar-refractivity contribution in [2.75, 3.05) is 0 Å². The van der Waals surface area contributed by atoms with Crippen LogP contribution in [0.3, 0.4) is 0 Å². The molecule has 1 rings (SSSR count). The summed E-state index contributed by atoms with van der Waals surface area (Å²) in [6.45, 7) is 6.52. The third kappa shape index (κ3) is 5.68. The van der Waals surface area contributed by atoms with Crippen LogP contribution in [0.1, 0.15) is 25.8 Å². The van der Waals surface area contributed by atoms with Crippen molar-refractivity contribution in [1.29, 1.82) is 0 Å². The second kappa shape index (κ2) is 6.52. The van der Waals surface area contributed by atoms with Crippen LogP contribution < -0.4 is 5.73 Å². The Balaban J connectivity index is 0.000000292. The molecule has 0 atom stereocenters. The molecule has 2 nitrogen and oxygen atoms in total. The molecule has 0 saturated carbocycles. The molecule has 0 aliphatic rings. The predicted octanol–water partition coefficient (Wildman–Crippen LogP) is 2.35. The van der Waals surface area contributed by atoms with Crippen molar-refractivity contribution in [1.82, 2.24) is 4.98 Å². The zero-order chi connectivity index (χ0) is 11.0. The third-order valence-electron chi connectivity index (χ3n) is 1.22. The topological polar surface area (TPSA) is 38.9 Å². The summed E-state index contributed by atoms with van der Waals surface area (Å²) in [5.41, 5.74) is 4.91. The van der Waals surface area contributed by atoms with Crippen molar-refractivity contribution < 1.29 is 0 Å². The van der Waals surface area contributed by atoms with E-state index >= 15 is 0 Å². The van der Waals surface area contributed by atoms with E-state index in [1.165, 1.54) is 10.4 Å². The zero-order valence-electron chi connectivity index (χ0n) is 8.57. The minimum atomic E-state index is 0.230. The van der Waals surface area contributed by atoms with Gasteiger partial charge in [-0.2, -0.15) is 0 Å². The average molecular weight is 226 g/mol. The quantitative estimate of drug-likeness (QED) is 0.419. The maximum absolute atomic E-state index is 4.68. The second-order valence-electron chi connectivity index (χ2n) is 3.49. The molecule has 0 aliphatic heterocycles. The van der Waals surface area contributed by atoms with Gasteiger partial charge in [0.25, 0.3) is 0 Å². The Morgan fingerprint density at radius 2 is 2.21 bits per heavy atom. The van der Waals surface area contributed by atoms with Crippen LogP contribution >= 0.6 is 23.6 Å². The fourth-order valence-electron chi connectivity index (χ4n) is 0.628. The molecule has 14 heavy (non-hydrogen) atoms. The first-order valence-corrected chi connectivity index (χ1v) is 5.42. The Morgan fingerprint density at radius 1 is 1.57 bits per heavy atom. The molecular weight excluding hydrogens is 212 g/mol. The molecule has 4 heteroatoms. The van der Waals surface area contributed by atoms with Crippen molar-refractivity contribution >= 4 is 28.9 Å². The minimum absolute atomic E-state index is 0.230. The standard InChI is InChI=1S/C7H11NS.C3H3NS/c1-7(2,3)6-8-4-5-9-6;4-2-1-3-5/h4-5H,1-3H3;3H,4H2. The zero-order valence-corrected chi connectivity index (χ0v) is 10.2. The van der Waals surface area contributed by atoms with Crippen molar-refractivity contribution in [2.24, 2.45) is 5.73 Å². The van der Waals surface area contributed by atoms with Crippen LogP contribution in [0.15, 0.2) is 11.6 Å². The molecule has 1 aromatic rings. The molecule has 0 aliphatic carbocycles. The SMILES string of the molecule is CC(C)(C)c1nccs1.NC#CC=S. The highest BCUT2D eigenvalue weighted by Crippen LogP contribution is 2.23. The summed E-state index contributed by atoms with van der Waals surface area (Å²) >= 11 is 5.99. The number of nitrogens with two attached hydrogens (primary N) is 1. The first kappa shape index (κ1) is 13.1. The lowest BCUT2D eigenvalue weighted by molar-refractivity contribution is 0.585. The Hall–Kier alpha value is -0.920. The van der Waals surface area contributed by atoms with Gasteiger partial charge in [-0.3, -0.25) is 0 Å². The summed E-state index contributed by atoms with van der Waals surface area (Å²) in [5, 5.41) is 4.50. The minimum Gasteiger partial charge on any atom is -0.359 e. The molecule has 0 spiro atoms. The van der Waals surface area contributed by atoms with Gasteiger partial charge in [-0.25, -0.2) is 4.98 Å². The monoisotopic (exact) mass is 226 g/mol. The summed E-state index contributed by atoms with van der Waals surface area (Å²) in [7, 11) is 0. The Labute approximate surface area is 94.5 Å². The Morgan fingerprint density at radius 3 is 2.36 bits per heavy atom. The summed E-state index contributed by atoms with van der Waals surface area (Å²) in [5.74, 6) is 2.33. The summed E-state index contributed by atoms with van der Waals surface area (Å²) < 4.78 is 0. The first-order chi connectivity index (χ1) is 6.52. The molecule has 1 heterocycles. The molecule has 76 valence electrons.